The molecule has 2 fully saturated rings. The summed E-state index contributed by atoms with van der Waals surface area (Å²) in [5.41, 5.74) is 1.79. The van der Waals surface area contributed by atoms with Gasteiger partial charge >= 0.3 is 0 Å². The fourth-order valence-corrected chi connectivity index (χ4v) is 3.91. The molecule has 24 heavy (non-hydrogen) atoms. The number of rotatable bonds is 4. The van der Waals surface area contributed by atoms with Crippen LogP contribution in [-0.2, 0) is 11.3 Å². The van der Waals surface area contributed by atoms with Gasteiger partial charge in [0.2, 0.25) is 5.91 Å². The van der Waals surface area contributed by atoms with E-state index in [0.29, 0.717) is 19.0 Å². The largest absolute Gasteiger partial charge is 0.339 e. The lowest BCUT2D eigenvalue weighted by Gasteiger charge is -2.27. The first-order valence-electron chi connectivity index (χ1n) is 9.29. The van der Waals surface area contributed by atoms with Gasteiger partial charge in [-0.2, -0.15) is 0 Å². The molecule has 1 aliphatic heterocycles. The zero-order valence-corrected chi connectivity index (χ0v) is 14.7. The standard InChI is InChI=1S/C20H28N2O2/c1-21(18-10-4-2-3-5-11-18)20(24)17-9-6-8-16(14-17)15-22-13-7-12-19(22)23/h6,8-9,14,18H,2-5,7,10-13,15H2,1H3. The van der Waals surface area contributed by atoms with E-state index < -0.39 is 0 Å². The highest BCUT2D eigenvalue weighted by Crippen LogP contribution is 2.23. The summed E-state index contributed by atoms with van der Waals surface area (Å²) in [7, 11) is 1.94. The summed E-state index contributed by atoms with van der Waals surface area (Å²) in [6.07, 6.45) is 8.86. The summed E-state index contributed by atoms with van der Waals surface area (Å²) in [6.45, 7) is 1.45. The molecule has 4 heteroatoms. The minimum Gasteiger partial charge on any atom is -0.339 e. The second-order valence-corrected chi connectivity index (χ2v) is 7.18. The maximum atomic E-state index is 12.9. The van der Waals surface area contributed by atoms with Crippen LogP contribution in [0.15, 0.2) is 24.3 Å². The molecular formula is C20H28N2O2. The van der Waals surface area contributed by atoms with Crippen LogP contribution in [0.3, 0.4) is 0 Å². The smallest absolute Gasteiger partial charge is 0.253 e. The summed E-state index contributed by atoms with van der Waals surface area (Å²) < 4.78 is 0. The number of hydrogen-bond donors (Lipinski definition) is 0. The molecule has 0 unspecified atom stereocenters. The first kappa shape index (κ1) is 17.0. The predicted molar refractivity (Wildman–Crippen MR) is 94.7 cm³/mol. The molecule has 1 heterocycles. The van der Waals surface area contributed by atoms with E-state index in [4.69, 9.17) is 0 Å². The third kappa shape index (κ3) is 3.97. The maximum absolute atomic E-state index is 12.9. The Bertz CT molecular complexity index is 591. The second-order valence-electron chi connectivity index (χ2n) is 7.18. The molecule has 0 N–H and O–H groups in total. The number of carbonyl (C=O) groups excluding carboxylic acids is 2. The number of amides is 2. The summed E-state index contributed by atoms with van der Waals surface area (Å²) in [5, 5.41) is 0. The van der Waals surface area contributed by atoms with Gasteiger partial charge in [-0.15, -0.1) is 0 Å². The lowest BCUT2D eigenvalue weighted by molar-refractivity contribution is -0.128. The van der Waals surface area contributed by atoms with Crippen molar-refractivity contribution in [2.24, 2.45) is 0 Å². The quantitative estimate of drug-likeness (QED) is 0.792. The highest BCUT2D eigenvalue weighted by molar-refractivity contribution is 5.94. The van der Waals surface area contributed by atoms with Crippen molar-refractivity contribution in [3.05, 3.63) is 35.4 Å². The van der Waals surface area contributed by atoms with Gasteiger partial charge in [-0.05, 0) is 37.0 Å². The third-order valence-electron chi connectivity index (χ3n) is 5.41. The molecule has 2 aliphatic rings. The Morgan fingerprint density at radius 1 is 1.17 bits per heavy atom. The van der Waals surface area contributed by atoms with Crippen LogP contribution >= 0.6 is 0 Å². The van der Waals surface area contributed by atoms with Crippen molar-refractivity contribution in [1.29, 1.82) is 0 Å². The Morgan fingerprint density at radius 2 is 1.92 bits per heavy atom. The minimum atomic E-state index is 0.108. The van der Waals surface area contributed by atoms with E-state index in [1.54, 1.807) is 0 Å². The Balaban J connectivity index is 1.67. The van der Waals surface area contributed by atoms with E-state index >= 15 is 0 Å². The third-order valence-corrected chi connectivity index (χ3v) is 5.41. The molecule has 1 saturated carbocycles. The van der Waals surface area contributed by atoms with Crippen molar-refractivity contribution < 1.29 is 9.59 Å². The van der Waals surface area contributed by atoms with Crippen LogP contribution in [0.5, 0.6) is 0 Å². The van der Waals surface area contributed by atoms with Crippen molar-refractivity contribution in [2.75, 3.05) is 13.6 Å². The van der Waals surface area contributed by atoms with Crippen molar-refractivity contribution in [2.45, 2.75) is 64.0 Å². The van der Waals surface area contributed by atoms with Crippen LogP contribution in [0.25, 0.3) is 0 Å². The molecule has 0 atom stereocenters. The molecule has 0 aromatic heterocycles. The monoisotopic (exact) mass is 328 g/mol. The van der Waals surface area contributed by atoms with Gasteiger partial charge < -0.3 is 9.80 Å². The molecular weight excluding hydrogens is 300 g/mol. The van der Waals surface area contributed by atoms with Crippen molar-refractivity contribution >= 4 is 11.8 Å². The van der Waals surface area contributed by atoms with Crippen LogP contribution in [0, 0.1) is 0 Å². The maximum Gasteiger partial charge on any atom is 0.253 e. The number of benzene rings is 1. The SMILES string of the molecule is CN(C(=O)c1cccc(CN2CCCC2=O)c1)C1CCCCCC1. The van der Waals surface area contributed by atoms with E-state index in [1.165, 1.54) is 25.7 Å². The van der Waals surface area contributed by atoms with Gasteiger partial charge in [-0.25, -0.2) is 0 Å². The molecule has 1 aliphatic carbocycles. The molecule has 1 saturated heterocycles. The van der Waals surface area contributed by atoms with Crippen molar-refractivity contribution in [3.63, 3.8) is 0 Å². The van der Waals surface area contributed by atoms with E-state index in [-0.39, 0.29) is 11.8 Å². The van der Waals surface area contributed by atoms with E-state index in [1.807, 2.05) is 41.1 Å². The van der Waals surface area contributed by atoms with Gasteiger partial charge in [0, 0.05) is 38.2 Å². The highest BCUT2D eigenvalue weighted by atomic mass is 16.2. The van der Waals surface area contributed by atoms with E-state index in [9.17, 15) is 9.59 Å². The highest BCUT2D eigenvalue weighted by Gasteiger charge is 2.23. The first-order chi connectivity index (χ1) is 11.6. The first-order valence-corrected chi connectivity index (χ1v) is 9.29. The second kappa shape index (κ2) is 7.82. The zero-order valence-electron chi connectivity index (χ0n) is 14.7. The number of nitrogens with zero attached hydrogens (tertiary/aromatic N) is 2. The average Bonchev–Trinajstić information content (AvgIpc) is 2.85. The minimum absolute atomic E-state index is 0.108. The molecule has 0 spiro atoms. The fraction of sp³-hybridized carbons (Fsp3) is 0.600. The lowest BCUT2D eigenvalue weighted by atomic mass is 10.0. The van der Waals surface area contributed by atoms with Crippen molar-refractivity contribution in [3.8, 4) is 0 Å². The number of hydrogen-bond acceptors (Lipinski definition) is 2. The summed E-state index contributed by atoms with van der Waals surface area (Å²) in [5.74, 6) is 0.332. The fourth-order valence-electron chi connectivity index (χ4n) is 3.91. The molecule has 1 aromatic rings. The molecule has 130 valence electrons. The average molecular weight is 328 g/mol. The Hall–Kier alpha value is -1.84. The Labute approximate surface area is 144 Å². The van der Waals surface area contributed by atoms with Gasteiger partial charge in [0.05, 0.1) is 0 Å². The van der Waals surface area contributed by atoms with Crippen LogP contribution in [0.1, 0.15) is 67.3 Å². The topological polar surface area (TPSA) is 40.6 Å². The van der Waals surface area contributed by atoms with Gasteiger partial charge in [-0.3, -0.25) is 9.59 Å². The van der Waals surface area contributed by atoms with E-state index in [2.05, 4.69) is 0 Å². The van der Waals surface area contributed by atoms with E-state index in [0.717, 1.165) is 36.9 Å². The molecule has 2 amide bonds. The van der Waals surface area contributed by atoms with Crippen molar-refractivity contribution in [1.82, 2.24) is 9.80 Å². The van der Waals surface area contributed by atoms with Crippen LogP contribution in [0.4, 0.5) is 0 Å². The Kier molecular flexibility index (Phi) is 5.54. The summed E-state index contributed by atoms with van der Waals surface area (Å²) in [6, 6.07) is 8.16. The van der Waals surface area contributed by atoms with Gasteiger partial charge in [0.15, 0.2) is 0 Å². The van der Waals surface area contributed by atoms with Crippen LogP contribution in [0.2, 0.25) is 0 Å². The van der Waals surface area contributed by atoms with Crippen LogP contribution < -0.4 is 0 Å². The molecule has 4 nitrogen and oxygen atoms in total. The van der Waals surface area contributed by atoms with Crippen LogP contribution in [-0.4, -0.2) is 41.2 Å². The molecule has 0 bridgehead atoms. The van der Waals surface area contributed by atoms with Gasteiger partial charge in [0.1, 0.15) is 0 Å². The van der Waals surface area contributed by atoms with Gasteiger partial charge in [-0.1, -0.05) is 37.8 Å². The zero-order chi connectivity index (χ0) is 16.9. The lowest BCUT2D eigenvalue weighted by Crippen LogP contribution is -2.36. The number of likely N-dealkylation sites (tertiary alicyclic amines) is 1. The molecule has 3 rings (SSSR count). The molecule has 1 aromatic carbocycles. The summed E-state index contributed by atoms with van der Waals surface area (Å²) in [4.78, 5) is 28.5. The summed E-state index contributed by atoms with van der Waals surface area (Å²) >= 11 is 0. The Morgan fingerprint density at radius 3 is 2.58 bits per heavy atom. The molecule has 0 radical (unpaired) electrons. The predicted octanol–water partition coefficient (Wildman–Crippen LogP) is 3.60. The number of carbonyl (C=O) groups is 2. The van der Waals surface area contributed by atoms with Gasteiger partial charge in [0.25, 0.3) is 5.91 Å². The normalized spacial score (nSPS) is 19.4.